The molecule has 1 aromatic carbocycles. The highest BCUT2D eigenvalue weighted by Gasteiger charge is 2.39. The van der Waals surface area contributed by atoms with E-state index >= 15 is 0 Å². The monoisotopic (exact) mass is 364 g/mol. The lowest BCUT2D eigenvalue weighted by Crippen LogP contribution is -2.34. The van der Waals surface area contributed by atoms with Gasteiger partial charge < -0.3 is 14.7 Å². The van der Waals surface area contributed by atoms with Gasteiger partial charge in [-0.25, -0.2) is 0 Å². The summed E-state index contributed by atoms with van der Waals surface area (Å²) in [6.07, 6.45) is 4.35. The lowest BCUT2D eigenvalue weighted by atomic mass is 10.0. The minimum absolute atomic E-state index is 0.0369. The molecule has 0 bridgehead atoms. The first-order valence-electron chi connectivity index (χ1n) is 8.57. The van der Waals surface area contributed by atoms with Gasteiger partial charge in [0.15, 0.2) is 0 Å². The number of aliphatic hydroxyl groups is 1. The lowest BCUT2D eigenvalue weighted by Gasteiger charge is -2.24. The van der Waals surface area contributed by atoms with Gasteiger partial charge in [0.1, 0.15) is 12.7 Å². The molecular formula is C19H22F2N2O3. The molecule has 140 valence electrons. The summed E-state index contributed by atoms with van der Waals surface area (Å²) in [4.78, 5) is 13.6. The second-order valence-electron chi connectivity index (χ2n) is 6.16. The minimum Gasteiger partial charge on any atom is -0.428 e. The molecule has 0 saturated carbocycles. The van der Waals surface area contributed by atoms with Crippen LogP contribution in [-0.4, -0.2) is 41.2 Å². The Hall–Kier alpha value is -2.46. The van der Waals surface area contributed by atoms with Crippen LogP contribution in [0.3, 0.4) is 0 Å². The molecule has 1 aliphatic heterocycles. The molecule has 1 N–H and O–H groups in total. The molecule has 1 amide bonds. The Labute approximate surface area is 151 Å². The molecule has 1 aliphatic rings. The Kier molecular flexibility index (Phi) is 7.10. The SMILES string of the molecule is N#COCCCCN1C(=O)CC[C@@H]1/C=C/[C@@H](O)C(F)(F)c1ccccc1. The van der Waals surface area contributed by atoms with E-state index in [1.807, 2.05) is 0 Å². The molecule has 0 unspecified atom stereocenters. The van der Waals surface area contributed by atoms with Gasteiger partial charge in [0.25, 0.3) is 6.26 Å². The number of ether oxygens (including phenoxy) is 1. The highest BCUT2D eigenvalue weighted by molar-refractivity contribution is 5.79. The molecule has 1 saturated heterocycles. The van der Waals surface area contributed by atoms with Crippen LogP contribution in [0.5, 0.6) is 0 Å². The topological polar surface area (TPSA) is 73.6 Å². The largest absolute Gasteiger partial charge is 0.428 e. The van der Waals surface area contributed by atoms with E-state index in [2.05, 4.69) is 4.74 Å². The first-order valence-corrected chi connectivity index (χ1v) is 8.57. The molecule has 0 aliphatic carbocycles. The van der Waals surface area contributed by atoms with Crippen LogP contribution in [-0.2, 0) is 15.5 Å². The van der Waals surface area contributed by atoms with Crippen LogP contribution in [0.4, 0.5) is 8.78 Å². The number of nitriles is 1. The highest BCUT2D eigenvalue weighted by Crippen LogP contribution is 2.32. The number of carbonyl (C=O) groups is 1. The second kappa shape index (κ2) is 9.30. The summed E-state index contributed by atoms with van der Waals surface area (Å²) in [7, 11) is 0. The summed E-state index contributed by atoms with van der Waals surface area (Å²) in [5.41, 5.74) is -0.256. The molecule has 0 spiro atoms. The Morgan fingerprint density at radius 1 is 1.38 bits per heavy atom. The van der Waals surface area contributed by atoms with Gasteiger partial charge in [-0.2, -0.15) is 14.0 Å². The predicted molar refractivity (Wildman–Crippen MR) is 91.0 cm³/mol. The second-order valence-corrected chi connectivity index (χ2v) is 6.16. The van der Waals surface area contributed by atoms with Crippen LogP contribution in [0.15, 0.2) is 42.5 Å². The predicted octanol–water partition coefficient (Wildman–Crippen LogP) is 2.96. The molecule has 1 fully saturated rings. The minimum atomic E-state index is -3.40. The molecule has 0 radical (unpaired) electrons. The van der Waals surface area contributed by atoms with Crippen molar-refractivity contribution in [1.82, 2.24) is 4.90 Å². The average Bonchev–Trinajstić information content (AvgIpc) is 3.00. The number of hydrogen-bond donors (Lipinski definition) is 1. The average molecular weight is 364 g/mol. The number of rotatable bonds is 9. The number of hydrogen-bond acceptors (Lipinski definition) is 4. The third-order valence-electron chi connectivity index (χ3n) is 4.38. The van der Waals surface area contributed by atoms with Gasteiger partial charge >= 0.3 is 5.92 Å². The summed E-state index contributed by atoms with van der Waals surface area (Å²) < 4.78 is 33.2. The third-order valence-corrected chi connectivity index (χ3v) is 4.38. The summed E-state index contributed by atoms with van der Waals surface area (Å²) in [6.45, 7) is 0.759. The van der Waals surface area contributed by atoms with E-state index in [0.717, 1.165) is 6.08 Å². The number of unbranched alkanes of at least 4 members (excludes halogenated alkanes) is 1. The van der Waals surface area contributed by atoms with Crippen molar-refractivity contribution < 1.29 is 23.4 Å². The zero-order valence-corrected chi connectivity index (χ0v) is 14.4. The summed E-state index contributed by atoms with van der Waals surface area (Å²) in [5.74, 6) is -3.44. The number of halogens is 2. The fourth-order valence-electron chi connectivity index (χ4n) is 2.93. The van der Waals surface area contributed by atoms with Gasteiger partial charge in [0.05, 0.1) is 6.04 Å². The van der Waals surface area contributed by atoms with E-state index in [1.165, 1.54) is 30.3 Å². The number of carbonyl (C=O) groups excluding carboxylic acids is 1. The lowest BCUT2D eigenvalue weighted by molar-refractivity contribution is -0.128. The van der Waals surface area contributed by atoms with Gasteiger partial charge in [0, 0.05) is 18.5 Å². The Morgan fingerprint density at radius 2 is 2.12 bits per heavy atom. The van der Waals surface area contributed by atoms with Gasteiger partial charge in [-0.05, 0) is 19.3 Å². The van der Waals surface area contributed by atoms with Crippen molar-refractivity contribution in [3.63, 3.8) is 0 Å². The van der Waals surface area contributed by atoms with Gasteiger partial charge in [-0.3, -0.25) is 4.79 Å². The first-order chi connectivity index (χ1) is 12.5. The van der Waals surface area contributed by atoms with Gasteiger partial charge in [-0.1, -0.05) is 42.5 Å². The molecule has 2 rings (SSSR count). The van der Waals surface area contributed by atoms with Crippen molar-refractivity contribution in [2.75, 3.05) is 13.2 Å². The molecular weight excluding hydrogens is 342 g/mol. The van der Waals surface area contributed by atoms with Gasteiger partial charge in [-0.15, -0.1) is 0 Å². The highest BCUT2D eigenvalue weighted by atomic mass is 19.3. The number of benzene rings is 1. The van der Waals surface area contributed by atoms with Crippen LogP contribution in [0.25, 0.3) is 0 Å². The Morgan fingerprint density at radius 3 is 2.81 bits per heavy atom. The van der Waals surface area contributed by atoms with Crippen molar-refractivity contribution in [3.8, 4) is 6.26 Å². The van der Waals surface area contributed by atoms with Crippen molar-refractivity contribution in [2.24, 2.45) is 0 Å². The van der Waals surface area contributed by atoms with E-state index in [0.29, 0.717) is 38.8 Å². The number of aliphatic hydroxyl groups excluding tert-OH is 1. The van der Waals surface area contributed by atoms with E-state index in [-0.39, 0.29) is 17.5 Å². The van der Waals surface area contributed by atoms with E-state index < -0.39 is 12.0 Å². The Bertz CT molecular complexity index is 658. The molecule has 1 heterocycles. The molecule has 1 aromatic rings. The number of alkyl halides is 2. The van der Waals surface area contributed by atoms with Crippen LogP contribution in [0.2, 0.25) is 0 Å². The fourth-order valence-corrected chi connectivity index (χ4v) is 2.93. The van der Waals surface area contributed by atoms with Crippen LogP contribution < -0.4 is 0 Å². The first kappa shape index (κ1) is 19.9. The smallest absolute Gasteiger partial charge is 0.302 e. The summed E-state index contributed by atoms with van der Waals surface area (Å²) >= 11 is 0. The molecule has 26 heavy (non-hydrogen) atoms. The van der Waals surface area contributed by atoms with Crippen LogP contribution in [0, 0.1) is 11.5 Å². The third kappa shape index (κ3) is 5.02. The molecule has 7 heteroatoms. The maximum Gasteiger partial charge on any atom is 0.302 e. The zero-order chi connectivity index (χ0) is 19.0. The van der Waals surface area contributed by atoms with Crippen LogP contribution in [0.1, 0.15) is 31.2 Å². The summed E-state index contributed by atoms with van der Waals surface area (Å²) in [5, 5.41) is 18.2. The van der Waals surface area contributed by atoms with Crippen molar-refractivity contribution >= 4 is 5.91 Å². The normalized spacial score (nSPS) is 18.9. The summed E-state index contributed by atoms with van der Waals surface area (Å²) in [6, 6.07) is 6.85. The van der Waals surface area contributed by atoms with Crippen molar-refractivity contribution in [2.45, 2.75) is 43.8 Å². The van der Waals surface area contributed by atoms with Crippen LogP contribution >= 0.6 is 0 Å². The van der Waals surface area contributed by atoms with E-state index in [4.69, 9.17) is 5.26 Å². The fraction of sp³-hybridized carbons (Fsp3) is 0.474. The van der Waals surface area contributed by atoms with Crippen molar-refractivity contribution in [3.05, 3.63) is 48.0 Å². The molecule has 5 nitrogen and oxygen atoms in total. The maximum absolute atomic E-state index is 14.3. The van der Waals surface area contributed by atoms with Gasteiger partial charge in [0.2, 0.25) is 5.91 Å². The van der Waals surface area contributed by atoms with E-state index in [1.54, 1.807) is 17.2 Å². The number of nitrogens with zero attached hydrogens (tertiary/aromatic N) is 2. The Balaban J connectivity index is 1.94. The molecule has 2 atom stereocenters. The number of likely N-dealkylation sites (tertiary alicyclic amines) is 1. The molecule has 0 aromatic heterocycles. The zero-order valence-electron chi connectivity index (χ0n) is 14.4. The quantitative estimate of drug-likeness (QED) is 0.415. The van der Waals surface area contributed by atoms with E-state index in [9.17, 15) is 18.7 Å². The number of amides is 1. The van der Waals surface area contributed by atoms with Crippen molar-refractivity contribution in [1.29, 1.82) is 5.26 Å². The standard InChI is InChI=1S/C19H22F2N2O3/c20-19(21,15-6-2-1-3-7-15)17(24)10-8-16-9-11-18(25)23(16)12-4-5-13-26-14-22/h1-3,6-8,10,16-17,24H,4-5,9,11-13H2/b10-8+/t16-,17+/m0/s1. The maximum atomic E-state index is 14.3.